The first-order valence-electron chi connectivity index (χ1n) is 9.61. The van der Waals surface area contributed by atoms with E-state index in [-0.39, 0.29) is 0 Å². The van der Waals surface area contributed by atoms with Gasteiger partial charge in [-0.05, 0) is 38.7 Å². The fourth-order valence-electron chi connectivity index (χ4n) is 3.89. The number of aryl methyl sites for hydroxylation is 1. The summed E-state index contributed by atoms with van der Waals surface area (Å²) in [7, 11) is 4.06. The molecule has 1 aliphatic carbocycles. The van der Waals surface area contributed by atoms with Crippen LogP contribution in [0.5, 0.6) is 0 Å². The average molecular weight is 355 g/mol. The monoisotopic (exact) mass is 355 g/mol. The highest BCUT2D eigenvalue weighted by Gasteiger charge is 2.36. The van der Waals surface area contributed by atoms with Crippen LogP contribution in [0, 0.1) is 6.92 Å². The molecule has 1 aliphatic heterocycles. The molecule has 140 valence electrons. The first kappa shape index (κ1) is 17.3. The molecule has 1 saturated carbocycles. The summed E-state index contributed by atoms with van der Waals surface area (Å²) in [6, 6.07) is 5.51. The maximum atomic E-state index is 4.61. The van der Waals surface area contributed by atoms with Crippen LogP contribution in [0.25, 0.3) is 0 Å². The van der Waals surface area contributed by atoms with Gasteiger partial charge in [0.15, 0.2) is 0 Å². The number of nitrogens with zero attached hydrogens (tertiary/aromatic N) is 6. The quantitative estimate of drug-likeness (QED) is 0.857. The zero-order chi connectivity index (χ0) is 18.1. The lowest BCUT2D eigenvalue weighted by Gasteiger charge is -2.39. The van der Waals surface area contributed by atoms with E-state index in [0.717, 1.165) is 42.7 Å². The fraction of sp³-hybridized carbons (Fsp3) is 0.632. The maximum absolute atomic E-state index is 4.61. The average Bonchev–Trinajstić information content (AvgIpc) is 3.39. The Balaban J connectivity index is 1.42. The Kier molecular flexibility index (Phi) is 4.80. The molecule has 0 bridgehead atoms. The molecule has 2 aromatic heterocycles. The summed E-state index contributed by atoms with van der Waals surface area (Å²) in [6.07, 6.45) is 6.64. The molecule has 3 heterocycles. The molecule has 4 rings (SSSR count). The van der Waals surface area contributed by atoms with Crippen LogP contribution in [0.15, 0.2) is 18.5 Å². The standard InChI is InChI=1S/C19H29N7/c1-14-10-15(23-22-14)12-25-8-6-17(7-9-25)26(16-4-5-16)19-11-18(24(2)3)20-13-21-19/h10-11,13,16-17H,4-9,12H2,1-3H3,(H,22,23). The van der Waals surface area contributed by atoms with Crippen LogP contribution < -0.4 is 9.80 Å². The molecule has 2 aliphatic rings. The third-order valence-electron chi connectivity index (χ3n) is 5.40. The van der Waals surface area contributed by atoms with Crippen LogP contribution in [0.4, 0.5) is 11.6 Å². The topological polar surface area (TPSA) is 64.2 Å². The van der Waals surface area contributed by atoms with Crippen molar-refractivity contribution < 1.29 is 0 Å². The maximum Gasteiger partial charge on any atom is 0.134 e. The van der Waals surface area contributed by atoms with Crippen molar-refractivity contribution in [1.82, 2.24) is 25.1 Å². The number of aromatic amines is 1. The van der Waals surface area contributed by atoms with Gasteiger partial charge in [0.25, 0.3) is 0 Å². The van der Waals surface area contributed by atoms with Gasteiger partial charge in [0.2, 0.25) is 0 Å². The molecule has 26 heavy (non-hydrogen) atoms. The molecule has 1 saturated heterocycles. The summed E-state index contributed by atoms with van der Waals surface area (Å²) >= 11 is 0. The van der Waals surface area contributed by atoms with E-state index >= 15 is 0 Å². The number of aromatic nitrogens is 4. The summed E-state index contributed by atoms with van der Waals surface area (Å²) in [6.45, 7) is 5.23. The van der Waals surface area contributed by atoms with Gasteiger partial charge in [-0.1, -0.05) is 0 Å². The third kappa shape index (κ3) is 3.82. The van der Waals surface area contributed by atoms with Gasteiger partial charge in [-0.25, -0.2) is 9.97 Å². The molecular formula is C19H29N7. The number of hydrogen-bond acceptors (Lipinski definition) is 6. The molecule has 2 fully saturated rings. The number of nitrogens with one attached hydrogen (secondary N) is 1. The number of rotatable bonds is 6. The highest BCUT2D eigenvalue weighted by atomic mass is 15.3. The third-order valence-corrected chi connectivity index (χ3v) is 5.40. The van der Waals surface area contributed by atoms with E-state index in [4.69, 9.17) is 0 Å². The van der Waals surface area contributed by atoms with Crippen molar-refractivity contribution in [2.24, 2.45) is 0 Å². The highest BCUT2D eigenvalue weighted by Crippen LogP contribution is 2.36. The van der Waals surface area contributed by atoms with Gasteiger partial charge < -0.3 is 9.80 Å². The zero-order valence-corrected chi connectivity index (χ0v) is 16.0. The largest absolute Gasteiger partial charge is 0.363 e. The summed E-state index contributed by atoms with van der Waals surface area (Å²) in [5.74, 6) is 2.07. The second-order valence-corrected chi connectivity index (χ2v) is 7.82. The van der Waals surface area contributed by atoms with Gasteiger partial charge in [-0.2, -0.15) is 5.10 Å². The van der Waals surface area contributed by atoms with Crippen LogP contribution in [0.3, 0.4) is 0 Å². The van der Waals surface area contributed by atoms with Crippen molar-refractivity contribution in [3.05, 3.63) is 29.8 Å². The van der Waals surface area contributed by atoms with Crippen molar-refractivity contribution in [3.8, 4) is 0 Å². The Morgan fingerprint density at radius 2 is 1.73 bits per heavy atom. The minimum Gasteiger partial charge on any atom is -0.363 e. The van der Waals surface area contributed by atoms with Gasteiger partial charge in [-0.15, -0.1) is 0 Å². The van der Waals surface area contributed by atoms with Gasteiger partial charge in [0, 0.05) is 57.6 Å². The minimum absolute atomic E-state index is 0.574. The number of likely N-dealkylation sites (tertiary alicyclic amines) is 1. The lowest BCUT2D eigenvalue weighted by Crippen LogP contribution is -2.46. The first-order chi connectivity index (χ1) is 12.6. The van der Waals surface area contributed by atoms with Crippen LogP contribution in [0.1, 0.15) is 37.1 Å². The molecule has 0 amide bonds. The minimum atomic E-state index is 0.574. The summed E-state index contributed by atoms with van der Waals surface area (Å²) in [4.78, 5) is 16.1. The van der Waals surface area contributed by atoms with Crippen molar-refractivity contribution >= 4 is 11.6 Å². The lowest BCUT2D eigenvalue weighted by atomic mass is 10.0. The number of hydrogen-bond donors (Lipinski definition) is 1. The van der Waals surface area contributed by atoms with Crippen molar-refractivity contribution in [3.63, 3.8) is 0 Å². The van der Waals surface area contributed by atoms with E-state index in [9.17, 15) is 0 Å². The van der Waals surface area contributed by atoms with Crippen molar-refractivity contribution in [2.45, 2.75) is 51.2 Å². The Bertz CT molecular complexity index is 729. The zero-order valence-electron chi connectivity index (χ0n) is 16.0. The SMILES string of the molecule is Cc1cc(CN2CCC(N(c3cc(N(C)C)ncn3)C3CC3)CC2)n[nH]1. The molecular weight excluding hydrogens is 326 g/mol. The van der Waals surface area contributed by atoms with Crippen LogP contribution >= 0.6 is 0 Å². The van der Waals surface area contributed by atoms with Gasteiger partial charge in [-0.3, -0.25) is 10.00 Å². The second kappa shape index (κ2) is 7.23. The molecule has 0 radical (unpaired) electrons. The number of anilines is 2. The van der Waals surface area contributed by atoms with E-state index in [1.165, 1.54) is 25.7 Å². The Morgan fingerprint density at radius 3 is 2.35 bits per heavy atom. The molecule has 0 spiro atoms. The van der Waals surface area contributed by atoms with Crippen LogP contribution in [0.2, 0.25) is 0 Å². The second-order valence-electron chi connectivity index (χ2n) is 7.82. The van der Waals surface area contributed by atoms with E-state index in [0.29, 0.717) is 12.1 Å². The molecule has 7 nitrogen and oxygen atoms in total. The molecule has 0 unspecified atom stereocenters. The van der Waals surface area contributed by atoms with Gasteiger partial charge in [0.1, 0.15) is 18.0 Å². The Labute approximate surface area is 155 Å². The normalized spacial score (nSPS) is 18.9. The predicted octanol–water partition coefficient (Wildman–Crippen LogP) is 2.21. The Morgan fingerprint density at radius 1 is 1.04 bits per heavy atom. The molecule has 7 heteroatoms. The Hall–Kier alpha value is -2.15. The van der Waals surface area contributed by atoms with Crippen molar-refractivity contribution in [2.75, 3.05) is 37.0 Å². The van der Waals surface area contributed by atoms with E-state index in [2.05, 4.69) is 49.0 Å². The summed E-state index contributed by atoms with van der Waals surface area (Å²) in [5, 5.41) is 7.42. The van der Waals surface area contributed by atoms with E-state index < -0.39 is 0 Å². The molecule has 0 atom stereocenters. The molecule has 1 N–H and O–H groups in total. The smallest absolute Gasteiger partial charge is 0.134 e. The van der Waals surface area contributed by atoms with E-state index in [1.807, 2.05) is 19.0 Å². The molecule has 2 aromatic rings. The van der Waals surface area contributed by atoms with E-state index in [1.54, 1.807) is 6.33 Å². The lowest BCUT2D eigenvalue weighted by molar-refractivity contribution is 0.198. The van der Waals surface area contributed by atoms with Crippen LogP contribution in [-0.2, 0) is 6.54 Å². The highest BCUT2D eigenvalue weighted by molar-refractivity contribution is 5.51. The van der Waals surface area contributed by atoms with Crippen LogP contribution in [-0.4, -0.2) is 64.3 Å². The summed E-state index contributed by atoms with van der Waals surface area (Å²) < 4.78 is 0. The fourth-order valence-corrected chi connectivity index (χ4v) is 3.89. The number of piperidine rings is 1. The molecule has 0 aromatic carbocycles. The van der Waals surface area contributed by atoms with Gasteiger partial charge >= 0.3 is 0 Å². The van der Waals surface area contributed by atoms with Gasteiger partial charge in [0.05, 0.1) is 5.69 Å². The predicted molar refractivity (Wildman–Crippen MR) is 103 cm³/mol. The van der Waals surface area contributed by atoms with Crippen molar-refractivity contribution in [1.29, 1.82) is 0 Å². The summed E-state index contributed by atoms with van der Waals surface area (Å²) in [5.41, 5.74) is 2.28. The number of H-pyrrole nitrogens is 1. The first-order valence-corrected chi connectivity index (χ1v) is 9.61.